The molecule has 1 aliphatic rings. The van der Waals surface area contributed by atoms with Crippen LogP contribution in [0.15, 0.2) is 138 Å². The molecule has 1 aromatic heterocycles. The number of hydrogen-bond donors (Lipinski definition) is 0. The van der Waals surface area contributed by atoms with E-state index in [-0.39, 0.29) is 0 Å². The molecule has 0 atom stereocenters. The first kappa shape index (κ1) is 21.1. The van der Waals surface area contributed by atoms with Crippen LogP contribution in [0.4, 0.5) is 34.1 Å². The van der Waals surface area contributed by atoms with Crippen molar-refractivity contribution >= 4 is 34.1 Å². The summed E-state index contributed by atoms with van der Waals surface area (Å²) in [5.41, 5.74) is 8.47. The van der Waals surface area contributed by atoms with Gasteiger partial charge in [0.25, 0.3) is 5.89 Å². The van der Waals surface area contributed by atoms with Crippen molar-refractivity contribution in [3.05, 3.63) is 133 Å². The number of fused-ring (bicyclic) bond motifs is 2. The summed E-state index contributed by atoms with van der Waals surface area (Å²) < 4.78 is 5.58. The lowest BCUT2D eigenvalue weighted by atomic mass is 10.0. The Balaban J connectivity index is 1.30. The zero-order valence-electron chi connectivity index (χ0n) is 19.9. The average molecular weight is 479 g/mol. The minimum atomic E-state index is 0.500. The van der Waals surface area contributed by atoms with Gasteiger partial charge in [0.15, 0.2) is 0 Å². The third-order valence-corrected chi connectivity index (χ3v) is 6.57. The predicted octanol–water partition coefficient (Wildman–Crippen LogP) is 8.66. The summed E-state index contributed by atoms with van der Waals surface area (Å²) in [5.74, 6) is 1.08. The molecule has 7 rings (SSSR count). The Morgan fingerprint density at radius 3 is 1.43 bits per heavy atom. The minimum absolute atomic E-state index is 0.500. The molecule has 0 N–H and O–H groups in total. The third-order valence-electron chi connectivity index (χ3n) is 6.57. The van der Waals surface area contributed by atoms with Gasteiger partial charge < -0.3 is 14.3 Å². The highest BCUT2D eigenvalue weighted by Gasteiger charge is 2.29. The fourth-order valence-corrected chi connectivity index (χ4v) is 4.88. The molecule has 37 heavy (non-hydrogen) atoms. The van der Waals surface area contributed by atoms with Gasteiger partial charge in [0, 0.05) is 22.5 Å². The third kappa shape index (κ3) is 3.65. The molecule has 6 aromatic rings. The summed E-state index contributed by atoms with van der Waals surface area (Å²) in [7, 11) is 0. The maximum Gasteiger partial charge on any atom is 0.258 e. The second-order valence-corrected chi connectivity index (χ2v) is 8.82. The van der Waals surface area contributed by atoms with E-state index in [4.69, 9.17) is 4.52 Å². The smallest absolute Gasteiger partial charge is 0.258 e. The molecular formula is C32H22N4O. The highest BCUT2D eigenvalue weighted by atomic mass is 16.5. The molecule has 176 valence electrons. The van der Waals surface area contributed by atoms with E-state index in [1.165, 1.54) is 0 Å². The molecule has 2 heterocycles. The van der Waals surface area contributed by atoms with Crippen LogP contribution >= 0.6 is 0 Å². The van der Waals surface area contributed by atoms with Gasteiger partial charge in [-0.2, -0.15) is 4.98 Å². The van der Waals surface area contributed by atoms with Gasteiger partial charge in [-0.05, 0) is 60.7 Å². The van der Waals surface area contributed by atoms with Crippen molar-refractivity contribution in [3.63, 3.8) is 0 Å². The lowest BCUT2D eigenvalue weighted by molar-refractivity contribution is 0.432. The van der Waals surface area contributed by atoms with Gasteiger partial charge in [0.2, 0.25) is 5.82 Å². The molecule has 0 aliphatic carbocycles. The summed E-state index contributed by atoms with van der Waals surface area (Å²) >= 11 is 0. The number of nitrogens with zero attached hydrogens (tertiary/aromatic N) is 4. The molecule has 1 aliphatic heterocycles. The Bertz CT molecular complexity index is 1630. The zero-order valence-corrected chi connectivity index (χ0v) is 19.9. The second-order valence-electron chi connectivity index (χ2n) is 8.82. The molecule has 0 unspecified atom stereocenters. The normalized spacial score (nSPS) is 12.2. The van der Waals surface area contributed by atoms with E-state index in [2.05, 4.69) is 105 Å². The second kappa shape index (κ2) is 8.81. The van der Waals surface area contributed by atoms with Crippen LogP contribution in [0.25, 0.3) is 22.8 Å². The van der Waals surface area contributed by atoms with E-state index in [1.54, 1.807) is 0 Å². The van der Waals surface area contributed by atoms with E-state index in [0.717, 1.165) is 45.3 Å². The lowest BCUT2D eigenvalue weighted by Gasteiger charge is -2.40. The number of hydrogen-bond acceptors (Lipinski definition) is 5. The standard InChI is InChI=1S/C32H22N4O/c1-3-11-23(12-4-1)31-33-32(37-34-31)24-19-21-26(22-20-24)36-29-17-9-7-15-27(29)35(25-13-5-2-6-14-25)28-16-8-10-18-30(28)36/h1-22H. The highest BCUT2D eigenvalue weighted by Crippen LogP contribution is 2.53. The van der Waals surface area contributed by atoms with Crippen LogP contribution in [0.5, 0.6) is 0 Å². The first-order chi connectivity index (χ1) is 18.4. The number of benzene rings is 5. The van der Waals surface area contributed by atoms with Gasteiger partial charge in [-0.1, -0.05) is 78.0 Å². The fourth-order valence-electron chi connectivity index (χ4n) is 4.88. The number of rotatable bonds is 4. The largest absolute Gasteiger partial charge is 0.334 e. The monoisotopic (exact) mass is 478 g/mol. The van der Waals surface area contributed by atoms with E-state index >= 15 is 0 Å². The molecule has 5 aromatic carbocycles. The summed E-state index contributed by atoms with van der Waals surface area (Å²) in [6, 6.07) is 45.6. The van der Waals surface area contributed by atoms with Gasteiger partial charge in [-0.15, -0.1) is 0 Å². The first-order valence-corrected chi connectivity index (χ1v) is 12.2. The van der Waals surface area contributed by atoms with Crippen LogP contribution in [0, 0.1) is 0 Å². The SMILES string of the molecule is c1ccc(-c2noc(-c3ccc(N4c5ccccc5N(c5ccccc5)c5ccccc54)cc3)n2)cc1. The number of aromatic nitrogens is 2. The van der Waals surface area contributed by atoms with Crippen LogP contribution in [-0.2, 0) is 0 Å². The predicted molar refractivity (Wildman–Crippen MR) is 148 cm³/mol. The summed E-state index contributed by atoms with van der Waals surface area (Å²) in [6.07, 6.45) is 0. The lowest BCUT2D eigenvalue weighted by Crippen LogP contribution is -2.23. The zero-order chi connectivity index (χ0) is 24.6. The molecular weight excluding hydrogens is 456 g/mol. The van der Waals surface area contributed by atoms with Crippen LogP contribution in [0.3, 0.4) is 0 Å². The first-order valence-electron chi connectivity index (χ1n) is 12.2. The van der Waals surface area contributed by atoms with Crippen molar-refractivity contribution in [2.75, 3.05) is 9.80 Å². The molecule has 5 nitrogen and oxygen atoms in total. The summed E-state index contributed by atoms with van der Waals surface area (Å²) in [5, 5.41) is 4.17. The van der Waals surface area contributed by atoms with Gasteiger partial charge in [0.1, 0.15) is 0 Å². The van der Waals surface area contributed by atoms with Crippen LogP contribution in [0.1, 0.15) is 0 Å². The van der Waals surface area contributed by atoms with Crippen LogP contribution < -0.4 is 9.80 Å². The molecule has 0 saturated heterocycles. The highest BCUT2D eigenvalue weighted by molar-refractivity contribution is 6.01. The van der Waals surface area contributed by atoms with Crippen molar-refractivity contribution in [1.29, 1.82) is 0 Å². The molecule has 0 fully saturated rings. The van der Waals surface area contributed by atoms with Gasteiger partial charge in [0.05, 0.1) is 22.7 Å². The van der Waals surface area contributed by atoms with Crippen molar-refractivity contribution < 1.29 is 4.52 Å². The molecule has 5 heteroatoms. The van der Waals surface area contributed by atoms with Crippen LogP contribution in [-0.4, -0.2) is 10.1 Å². The number of anilines is 6. The molecule has 0 amide bonds. The molecule has 0 radical (unpaired) electrons. The summed E-state index contributed by atoms with van der Waals surface area (Å²) in [4.78, 5) is 9.23. The Labute approximate surface area is 214 Å². The average Bonchev–Trinajstić information content (AvgIpc) is 3.47. The minimum Gasteiger partial charge on any atom is -0.334 e. The van der Waals surface area contributed by atoms with E-state index in [1.807, 2.05) is 48.5 Å². The maximum atomic E-state index is 5.58. The van der Waals surface area contributed by atoms with E-state index < -0.39 is 0 Å². The van der Waals surface area contributed by atoms with E-state index in [9.17, 15) is 0 Å². The molecule has 0 saturated carbocycles. The van der Waals surface area contributed by atoms with Crippen LogP contribution in [0.2, 0.25) is 0 Å². The van der Waals surface area contributed by atoms with Gasteiger partial charge in [-0.3, -0.25) is 0 Å². The Hall–Kier alpha value is -5.16. The quantitative estimate of drug-likeness (QED) is 0.253. The Morgan fingerprint density at radius 1 is 0.432 bits per heavy atom. The van der Waals surface area contributed by atoms with Crippen molar-refractivity contribution in [2.24, 2.45) is 0 Å². The maximum absolute atomic E-state index is 5.58. The van der Waals surface area contributed by atoms with Crippen molar-refractivity contribution in [1.82, 2.24) is 10.1 Å². The topological polar surface area (TPSA) is 45.4 Å². The Kier molecular flexibility index (Phi) is 5.03. The fraction of sp³-hybridized carbons (Fsp3) is 0. The van der Waals surface area contributed by atoms with E-state index in [0.29, 0.717) is 11.7 Å². The van der Waals surface area contributed by atoms with Gasteiger partial charge in [-0.25, -0.2) is 0 Å². The molecule has 0 bridgehead atoms. The molecule has 0 spiro atoms. The van der Waals surface area contributed by atoms with Crippen molar-refractivity contribution in [2.45, 2.75) is 0 Å². The number of para-hydroxylation sites is 5. The summed E-state index contributed by atoms with van der Waals surface area (Å²) in [6.45, 7) is 0. The van der Waals surface area contributed by atoms with Gasteiger partial charge >= 0.3 is 0 Å². The van der Waals surface area contributed by atoms with Crippen molar-refractivity contribution in [3.8, 4) is 22.8 Å². The Morgan fingerprint density at radius 2 is 0.892 bits per heavy atom.